The first-order valence-corrected chi connectivity index (χ1v) is 12.9. The highest BCUT2D eigenvalue weighted by molar-refractivity contribution is 5.95. The van der Waals surface area contributed by atoms with Crippen LogP contribution < -0.4 is 18.9 Å². The third-order valence-corrected chi connectivity index (χ3v) is 6.69. The van der Waals surface area contributed by atoms with Crippen molar-refractivity contribution in [1.82, 2.24) is 4.90 Å². The lowest BCUT2D eigenvalue weighted by molar-refractivity contribution is 0.0589. The maximum atomic E-state index is 13.7. The normalized spacial score (nSPS) is 14.9. The van der Waals surface area contributed by atoms with Gasteiger partial charge in [-0.1, -0.05) is 26.0 Å². The Labute approximate surface area is 220 Å². The van der Waals surface area contributed by atoms with E-state index in [-0.39, 0.29) is 18.1 Å². The molecule has 3 aromatic carbocycles. The van der Waals surface area contributed by atoms with Gasteiger partial charge in [0.15, 0.2) is 11.5 Å². The van der Waals surface area contributed by atoms with Gasteiger partial charge in [0.2, 0.25) is 0 Å². The third kappa shape index (κ3) is 6.01. The van der Waals surface area contributed by atoms with Crippen molar-refractivity contribution in [2.45, 2.75) is 52.2 Å². The first kappa shape index (κ1) is 26.4. The highest BCUT2D eigenvalue weighted by atomic mass is 16.5. The molecule has 196 valence electrons. The maximum absolute atomic E-state index is 13.7. The van der Waals surface area contributed by atoms with Gasteiger partial charge >= 0.3 is 0 Å². The van der Waals surface area contributed by atoms with Gasteiger partial charge in [0, 0.05) is 12.1 Å². The number of ether oxygens (including phenoxy) is 4. The van der Waals surface area contributed by atoms with Crippen LogP contribution in [0.3, 0.4) is 0 Å². The summed E-state index contributed by atoms with van der Waals surface area (Å²) in [6.07, 6.45) is 0.790. The average molecular weight is 504 g/mol. The van der Waals surface area contributed by atoms with Gasteiger partial charge in [-0.2, -0.15) is 0 Å². The highest BCUT2D eigenvalue weighted by Crippen LogP contribution is 2.39. The van der Waals surface area contributed by atoms with Gasteiger partial charge in [-0.05, 0) is 91.4 Å². The van der Waals surface area contributed by atoms with E-state index in [1.54, 1.807) is 14.2 Å². The molecule has 1 amide bonds. The monoisotopic (exact) mass is 503 g/mol. The highest BCUT2D eigenvalue weighted by Gasteiger charge is 2.33. The molecule has 6 heteroatoms. The summed E-state index contributed by atoms with van der Waals surface area (Å²) in [5.41, 5.74) is 4.02. The fourth-order valence-corrected chi connectivity index (χ4v) is 4.69. The molecule has 0 radical (unpaired) electrons. The predicted octanol–water partition coefficient (Wildman–Crippen LogP) is 6.43. The van der Waals surface area contributed by atoms with Gasteiger partial charge in [-0.3, -0.25) is 4.79 Å². The minimum absolute atomic E-state index is 0.0414. The first-order valence-electron chi connectivity index (χ1n) is 12.9. The van der Waals surface area contributed by atoms with Crippen molar-refractivity contribution >= 4 is 5.91 Å². The van der Waals surface area contributed by atoms with Gasteiger partial charge < -0.3 is 23.8 Å². The van der Waals surface area contributed by atoms with Crippen LogP contribution in [0.1, 0.15) is 66.7 Å². The van der Waals surface area contributed by atoms with Gasteiger partial charge in [0.05, 0.1) is 26.4 Å². The lowest BCUT2D eigenvalue weighted by atomic mass is 9.91. The van der Waals surface area contributed by atoms with Crippen LogP contribution in [0, 0.1) is 0 Å². The van der Waals surface area contributed by atoms with Crippen molar-refractivity contribution in [2.75, 3.05) is 27.4 Å². The van der Waals surface area contributed by atoms with Crippen molar-refractivity contribution in [3.05, 3.63) is 82.9 Å². The smallest absolute Gasteiger partial charge is 0.254 e. The number of benzene rings is 3. The van der Waals surface area contributed by atoms with Crippen molar-refractivity contribution in [3.8, 4) is 23.0 Å². The summed E-state index contributed by atoms with van der Waals surface area (Å²) in [4.78, 5) is 15.6. The molecule has 4 rings (SSSR count). The average Bonchev–Trinajstić information content (AvgIpc) is 2.90. The lowest BCUT2D eigenvalue weighted by Gasteiger charge is -2.37. The Morgan fingerprint density at radius 2 is 1.51 bits per heavy atom. The van der Waals surface area contributed by atoms with Crippen molar-refractivity contribution in [3.63, 3.8) is 0 Å². The zero-order chi connectivity index (χ0) is 26.5. The van der Waals surface area contributed by atoms with E-state index in [1.807, 2.05) is 67.3 Å². The number of hydrogen-bond acceptors (Lipinski definition) is 5. The van der Waals surface area contributed by atoms with E-state index in [2.05, 4.69) is 26.0 Å². The molecular weight excluding hydrogens is 466 g/mol. The van der Waals surface area contributed by atoms with Crippen LogP contribution in [0.25, 0.3) is 0 Å². The van der Waals surface area contributed by atoms with E-state index in [0.717, 1.165) is 29.0 Å². The number of amides is 1. The van der Waals surface area contributed by atoms with Gasteiger partial charge in [-0.25, -0.2) is 0 Å². The second kappa shape index (κ2) is 11.6. The standard InChI is InChI=1S/C31H37NO5/c1-20(2)22-7-11-25(12-8-22)36-19-28-27-18-30(35-6)29(34-5)17-24(27)15-16-32(28)31(33)23-9-13-26(14-10-23)37-21(3)4/h7-14,17-18,20-21,28H,15-16,19H2,1-6H3. The molecule has 1 heterocycles. The molecule has 1 unspecified atom stereocenters. The van der Waals surface area contributed by atoms with Gasteiger partial charge in [0.25, 0.3) is 5.91 Å². The second-order valence-electron chi connectivity index (χ2n) is 9.90. The Hall–Kier alpha value is -3.67. The molecule has 1 aliphatic heterocycles. The predicted molar refractivity (Wildman–Crippen MR) is 145 cm³/mol. The van der Waals surface area contributed by atoms with E-state index in [1.165, 1.54) is 5.56 Å². The van der Waals surface area contributed by atoms with Crippen molar-refractivity contribution < 1.29 is 23.7 Å². The van der Waals surface area contributed by atoms with Crippen LogP contribution in [-0.4, -0.2) is 44.3 Å². The number of carbonyl (C=O) groups excluding carboxylic acids is 1. The van der Waals surface area contributed by atoms with Crippen LogP contribution in [0.15, 0.2) is 60.7 Å². The van der Waals surface area contributed by atoms with E-state index >= 15 is 0 Å². The zero-order valence-electron chi connectivity index (χ0n) is 22.6. The Morgan fingerprint density at radius 1 is 0.892 bits per heavy atom. The van der Waals surface area contributed by atoms with Crippen LogP contribution in [0.4, 0.5) is 0 Å². The Morgan fingerprint density at radius 3 is 2.11 bits per heavy atom. The molecule has 1 atom stereocenters. The molecule has 0 aliphatic carbocycles. The first-order chi connectivity index (χ1) is 17.8. The molecule has 1 aliphatic rings. The summed E-state index contributed by atoms with van der Waals surface area (Å²) < 4.78 is 23.1. The number of fused-ring (bicyclic) bond motifs is 1. The molecule has 0 saturated carbocycles. The zero-order valence-corrected chi connectivity index (χ0v) is 22.6. The minimum Gasteiger partial charge on any atom is -0.493 e. The lowest BCUT2D eigenvalue weighted by Crippen LogP contribution is -2.42. The second-order valence-corrected chi connectivity index (χ2v) is 9.90. The fourth-order valence-electron chi connectivity index (χ4n) is 4.69. The molecule has 37 heavy (non-hydrogen) atoms. The number of rotatable bonds is 9. The third-order valence-electron chi connectivity index (χ3n) is 6.69. The Bertz CT molecular complexity index is 1200. The van der Waals surface area contributed by atoms with E-state index in [4.69, 9.17) is 18.9 Å². The maximum Gasteiger partial charge on any atom is 0.254 e. The Balaban J connectivity index is 1.64. The quantitative estimate of drug-likeness (QED) is 0.337. The van der Waals surface area contributed by atoms with Crippen LogP contribution >= 0.6 is 0 Å². The van der Waals surface area contributed by atoms with Crippen molar-refractivity contribution in [2.24, 2.45) is 0 Å². The molecule has 0 aromatic heterocycles. The Kier molecular flexibility index (Phi) is 8.27. The topological polar surface area (TPSA) is 57.2 Å². The molecule has 0 spiro atoms. The summed E-state index contributed by atoms with van der Waals surface area (Å²) in [5, 5.41) is 0. The van der Waals surface area contributed by atoms with E-state index in [9.17, 15) is 4.79 Å². The molecule has 0 saturated heterocycles. The molecule has 0 fully saturated rings. The van der Waals surface area contributed by atoms with E-state index in [0.29, 0.717) is 36.1 Å². The van der Waals surface area contributed by atoms with Gasteiger partial charge in [-0.15, -0.1) is 0 Å². The molecular formula is C31H37NO5. The number of carbonyl (C=O) groups is 1. The number of hydrogen-bond donors (Lipinski definition) is 0. The molecule has 6 nitrogen and oxygen atoms in total. The molecule has 3 aromatic rings. The number of nitrogens with zero attached hydrogens (tertiary/aromatic N) is 1. The van der Waals surface area contributed by atoms with Gasteiger partial charge in [0.1, 0.15) is 18.1 Å². The largest absolute Gasteiger partial charge is 0.493 e. The van der Waals surface area contributed by atoms with Crippen LogP contribution in [0.5, 0.6) is 23.0 Å². The summed E-state index contributed by atoms with van der Waals surface area (Å²) in [6.45, 7) is 9.20. The number of methoxy groups -OCH3 is 2. The summed E-state index contributed by atoms with van der Waals surface area (Å²) >= 11 is 0. The minimum atomic E-state index is -0.285. The summed E-state index contributed by atoms with van der Waals surface area (Å²) in [6, 6.07) is 19.2. The van der Waals surface area contributed by atoms with E-state index < -0.39 is 0 Å². The summed E-state index contributed by atoms with van der Waals surface area (Å²) in [5.74, 6) is 3.26. The van der Waals surface area contributed by atoms with Crippen LogP contribution in [-0.2, 0) is 6.42 Å². The van der Waals surface area contributed by atoms with Crippen molar-refractivity contribution in [1.29, 1.82) is 0 Å². The summed E-state index contributed by atoms with van der Waals surface area (Å²) in [7, 11) is 3.26. The SMILES string of the molecule is COc1cc2c(cc1OC)C(COc1ccc(C(C)C)cc1)N(C(=O)c1ccc(OC(C)C)cc1)CC2. The van der Waals surface area contributed by atoms with Crippen LogP contribution in [0.2, 0.25) is 0 Å². The molecule has 0 bridgehead atoms. The molecule has 0 N–H and O–H groups in total. The fraction of sp³-hybridized carbons (Fsp3) is 0.387.